The molecule has 1 heterocycles. The first-order chi connectivity index (χ1) is 12.7. The van der Waals surface area contributed by atoms with Crippen molar-refractivity contribution >= 4 is 15.7 Å². The van der Waals surface area contributed by atoms with E-state index in [0.717, 1.165) is 23.3 Å². The lowest BCUT2D eigenvalue weighted by Crippen LogP contribution is -2.16. The van der Waals surface area contributed by atoms with Gasteiger partial charge in [0.15, 0.2) is 0 Å². The van der Waals surface area contributed by atoms with E-state index in [0.29, 0.717) is 24.0 Å². The molecule has 0 radical (unpaired) electrons. The largest absolute Gasteiger partial charge is 0.276 e. The number of aromatic nitrogens is 2. The summed E-state index contributed by atoms with van der Waals surface area (Å²) >= 11 is 0. The number of anilines is 1. The number of nitrogens with one attached hydrogen (secondary N) is 1. The van der Waals surface area contributed by atoms with Crippen LogP contribution in [0.4, 0.5) is 14.5 Å². The lowest BCUT2D eigenvalue weighted by molar-refractivity contribution is 0.551. The second-order valence-electron chi connectivity index (χ2n) is 6.37. The van der Waals surface area contributed by atoms with Crippen LogP contribution in [0.1, 0.15) is 22.5 Å². The van der Waals surface area contributed by atoms with Crippen LogP contribution in [-0.2, 0) is 16.6 Å². The summed E-state index contributed by atoms with van der Waals surface area (Å²) in [7, 11) is -4.22. The highest BCUT2D eigenvalue weighted by Crippen LogP contribution is 2.25. The van der Waals surface area contributed by atoms with Crippen molar-refractivity contribution in [3.8, 4) is 0 Å². The van der Waals surface area contributed by atoms with Gasteiger partial charge in [-0.2, -0.15) is 5.10 Å². The zero-order chi connectivity index (χ0) is 19.8. The number of halogens is 2. The number of hydrogen-bond donors (Lipinski definition) is 1. The number of benzene rings is 2. The molecule has 142 valence electrons. The summed E-state index contributed by atoms with van der Waals surface area (Å²) in [4.78, 5) is -0.617. The minimum Gasteiger partial charge on any atom is -0.276 e. The van der Waals surface area contributed by atoms with E-state index in [-0.39, 0.29) is 5.69 Å². The van der Waals surface area contributed by atoms with E-state index in [2.05, 4.69) is 9.82 Å². The fraction of sp³-hybridized carbons (Fsp3) is 0.211. The fourth-order valence-electron chi connectivity index (χ4n) is 2.75. The normalized spacial score (nSPS) is 11.6. The topological polar surface area (TPSA) is 64.0 Å². The third-order valence-electron chi connectivity index (χ3n) is 4.25. The number of nitrogens with zero attached hydrogens (tertiary/aromatic N) is 2. The monoisotopic (exact) mass is 391 g/mol. The lowest BCUT2D eigenvalue weighted by Gasteiger charge is -2.10. The van der Waals surface area contributed by atoms with E-state index >= 15 is 0 Å². The molecule has 3 aromatic rings. The molecule has 0 bridgehead atoms. The van der Waals surface area contributed by atoms with Crippen LogP contribution < -0.4 is 4.72 Å². The molecule has 1 N–H and O–H groups in total. The SMILES string of the molecule is Cc1ccc(Cn2nc(C)c(NS(=O)(=O)c3ccc(F)cc3F)c2C)cc1. The molecule has 0 saturated carbocycles. The smallest absolute Gasteiger partial charge is 0.264 e. The van der Waals surface area contributed by atoms with Gasteiger partial charge in [0.05, 0.1) is 23.6 Å². The Balaban J connectivity index is 1.91. The first-order valence-corrected chi connectivity index (χ1v) is 9.73. The van der Waals surface area contributed by atoms with Crippen LogP contribution in [0.2, 0.25) is 0 Å². The van der Waals surface area contributed by atoms with Crippen molar-refractivity contribution in [2.45, 2.75) is 32.2 Å². The van der Waals surface area contributed by atoms with E-state index in [1.54, 1.807) is 18.5 Å². The minimum atomic E-state index is -4.22. The lowest BCUT2D eigenvalue weighted by atomic mass is 10.1. The van der Waals surface area contributed by atoms with Gasteiger partial charge in [-0.25, -0.2) is 17.2 Å². The summed E-state index contributed by atoms with van der Waals surface area (Å²) in [5, 5.41) is 4.38. The van der Waals surface area contributed by atoms with Gasteiger partial charge >= 0.3 is 0 Å². The second-order valence-corrected chi connectivity index (χ2v) is 8.02. The van der Waals surface area contributed by atoms with E-state index in [4.69, 9.17) is 0 Å². The molecule has 0 atom stereocenters. The summed E-state index contributed by atoms with van der Waals surface area (Å²) < 4.78 is 56.1. The average molecular weight is 391 g/mol. The molecular weight excluding hydrogens is 372 g/mol. The van der Waals surface area contributed by atoms with Crippen LogP contribution in [0, 0.1) is 32.4 Å². The molecule has 0 unspecified atom stereocenters. The van der Waals surface area contributed by atoms with Gasteiger partial charge in [-0.15, -0.1) is 0 Å². The number of rotatable bonds is 5. The molecule has 3 rings (SSSR count). The first-order valence-electron chi connectivity index (χ1n) is 8.25. The van der Waals surface area contributed by atoms with Gasteiger partial charge in [-0.05, 0) is 38.5 Å². The highest BCUT2D eigenvalue weighted by Gasteiger charge is 2.23. The minimum absolute atomic E-state index is 0.283. The summed E-state index contributed by atoms with van der Waals surface area (Å²) in [6.45, 7) is 5.86. The van der Waals surface area contributed by atoms with Crippen LogP contribution >= 0.6 is 0 Å². The molecule has 0 aliphatic carbocycles. The highest BCUT2D eigenvalue weighted by molar-refractivity contribution is 7.92. The Kier molecular flexibility index (Phi) is 5.01. The number of sulfonamides is 1. The van der Waals surface area contributed by atoms with E-state index < -0.39 is 26.6 Å². The first kappa shape index (κ1) is 19.0. The molecule has 0 saturated heterocycles. The number of aryl methyl sites for hydroxylation is 2. The highest BCUT2D eigenvalue weighted by atomic mass is 32.2. The van der Waals surface area contributed by atoms with Gasteiger partial charge in [0.1, 0.15) is 16.5 Å². The van der Waals surface area contributed by atoms with Crippen LogP contribution in [0.25, 0.3) is 0 Å². The van der Waals surface area contributed by atoms with Gasteiger partial charge in [0.2, 0.25) is 0 Å². The van der Waals surface area contributed by atoms with Crippen LogP contribution in [0.15, 0.2) is 47.4 Å². The predicted molar refractivity (Wildman–Crippen MR) is 99.1 cm³/mol. The molecule has 0 fully saturated rings. The Labute approximate surface area is 156 Å². The van der Waals surface area contributed by atoms with Crippen LogP contribution in [-0.4, -0.2) is 18.2 Å². The van der Waals surface area contributed by atoms with Gasteiger partial charge in [0.25, 0.3) is 10.0 Å². The molecule has 8 heteroatoms. The Morgan fingerprint density at radius 2 is 1.70 bits per heavy atom. The number of hydrogen-bond acceptors (Lipinski definition) is 3. The van der Waals surface area contributed by atoms with E-state index in [9.17, 15) is 17.2 Å². The zero-order valence-corrected chi connectivity index (χ0v) is 15.9. The van der Waals surface area contributed by atoms with Gasteiger partial charge in [-0.1, -0.05) is 29.8 Å². The van der Waals surface area contributed by atoms with Crippen molar-refractivity contribution in [1.29, 1.82) is 0 Å². The summed E-state index contributed by atoms with van der Waals surface area (Å²) in [6.07, 6.45) is 0. The summed E-state index contributed by atoms with van der Waals surface area (Å²) in [6, 6.07) is 10.3. The molecular formula is C19H19F2N3O2S. The maximum Gasteiger partial charge on any atom is 0.264 e. The quantitative estimate of drug-likeness (QED) is 0.717. The molecule has 27 heavy (non-hydrogen) atoms. The third kappa shape index (κ3) is 4.00. The Hall–Kier alpha value is -2.74. The van der Waals surface area contributed by atoms with Crippen molar-refractivity contribution in [3.05, 3.63) is 76.6 Å². The van der Waals surface area contributed by atoms with Gasteiger partial charge in [0, 0.05) is 6.07 Å². The Morgan fingerprint density at radius 1 is 1.04 bits per heavy atom. The fourth-order valence-corrected chi connectivity index (χ4v) is 3.98. The molecule has 0 aliphatic rings. The van der Waals surface area contributed by atoms with Crippen molar-refractivity contribution in [2.75, 3.05) is 4.72 Å². The molecule has 5 nitrogen and oxygen atoms in total. The molecule has 0 amide bonds. The third-order valence-corrected chi connectivity index (χ3v) is 5.64. The Bertz CT molecular complexity index is 1090. The van der Waals surface area contributed by atoms with Gasteiger partial charge in [-0.3, -0.25) is 9.40 Å². The Morgan fingerprint density at radius 3 is 2.33 bits per heavy atom. The van der Waals surface area contributed by atoms with Crippen LogP contribution in [0.5, 0.6) is 0 Å². The molecule has 2 aromatic carbocycles. The van der Waals surface area contributed by atoms with Crippen molar-refractivity contribution < 1.29 is 17.2 Å². The van der Waals surface area contributed by atoms with Crippen molar-refractivity contribution in [2.24, 2.45) is 0 Å². The molecule has 1 aromatic heterocycles. The summed E-state index contributed by atoms with van der Waals surface area (Å²) in [5.74, 6) is -1.99. The van der Waals surface area contributed by atoms with Gasteiger partial charge < -0.3 is 0 Å². The van der Waals surface area contributed by atoms with E-state index in [1.165, 1.54) is 0 Å². The zero-order valence-electron chi connectivity index (χ0n) is 15.1. The molecule has 0 spiro atoms. The standard InChI is InChI=1S/C19H19F2N3O2S/c1-12-4-6-15(7-5-12)11-24-14(3)19(13(2)22-24)23-27(25,26)18-9-8-16(20)10-17(18)21/h4-10,23H,11H2,1-3H3. The van der Waals surface area contributed by atoms with Crippen molar-refractivity contribution in [1.82, 2.24) is 9.78 Å². The maximum atomic E-state index is 13.9. The van der Waals surface area contributed by atoms with Crippen LogP contribution in [0.3, 0.4) is 0 Å². The van der Waals surface area contributed by atoms with E-state index in [1.807, 2.05) is 31.2 Å². The predicted octanol–water partition coefficient (Wildman–Crippen LogP) is 3.94. The maximum absolute atomic E-state index is 13.9. The summed E-state index contributed by atoms with van der Waals surface area (Å²) in [5.41, 5.74) is 3.50. The molecule has 0 aliphatic heterocycles. The van der Waals surface area contributed by atoms with Crippen molar-refractivity contribution in [3.63, 3.8) is 0 Å². The second kappa shape index (κ2) is 7.11. The average Bonchev–Trinajstić information content (AvgIpc) is 2.84.